The summed E-state index contributed by atoms with van der Waals surface area (Å²) in [5.41, 5.74) is 3.87. The molecular weight excluding hydrogens is 260 g/mol. The molecule has 2 aromatic rings. The quantitative estimate of drug-likeness (QED) is 0.882. The number of methoxy groups -OCH3 is 2. The summed E-state index contributed by atoms with van der Waals surface area (Å²) in [7, 11) is 3.34. The highest BCUT2D eigenvalue weighted by Crippen LogP contribution is 2.32. The van der Waals surface area contributed by atoms with Gasteiger partial charge >= 0.3 is 0 Å². The topological polar surface area (TPSA) is 43.4 Å². The van der Waals surface area contributed by atoms with E-state index in [4.69, 9.17) is 9.47 Å². The maximum atomic E-state index is 5.45. The molecule has 0 amide bonds. The lowest BCUT2D eigenvalue weighted by atomic mass is 10.0. The molecule has 1 N–H and O–H groups in total. The SMILES string of the molecule is CCNC(c1cscn1)c1cc(OC)ccc1OC. The number of rotatable bonds is 6. The van der Waals surface area contributed by atoms with Crippen LogP contribution in [0.3, 0.4) is 0 Å². The second kappa shape index (κ2) is 6.54. The third-order valence-corrected chi connectivity index (χ3v) is 3.51. The Morgan fingerprint density at radius 1 is 1.32 bits per heavy atom. The van der Waals surface area contributed by atoms with Crippen LogP contribution < -0.4 is 14.8 Å². The van der Waals surface area contributed by atoms with Gasteiger partial charge in [-0.2, -0.15) is 0 Å². The summed E-state index contributed by atoms with van der Waals surface area (Å²) in [6.45, 7) is 2.93. The Balaban J connectivity index is 2.45. The highest BCUT2D eigenvalue weighted by atomic mass is 32.1. The smallest absolute Gasteiger partial charge is 0.124 e. The molecule has 2 rings (SSSR count). The van der Waals surface area contributed by atoms with E-state index in [2.05, 4.69) is 17.2 Å². The first-order valence-electron chi connectivity index (χ1n) is 6.13. The molecular formula is C14H18N2O2S. The molecule has 0 aliphatic carbocycles. The van der Waals surface area contributed by atoms with Gasteiger partial charge in [0.25, 0.3) is 0 Å². The highest BCUT2D eigenvalue weighted by molar-refractivity contribution is 7.07. The van der Waals surface area contributed by atoms with E-state index in [0.717, 1.165) is 29.3 Å². The molecule has 102 valence electrons. The summed E-state index contributed by atoms with van der Waals surface area (Å²) in [4.78, 5) is 4.40. The van der Waals surface area contributed by atoms with Crippen LogP contribution in [0.15, 0.2) is 29.1 Å². The van der Waals surface area contributed by atoms with Crippen LogP contribution in [-0.4, -0.2) is 25.7 Å². The predicted molar refractivity (Wildman–Crippen MR) is 77.2 cm³/mol. The van der Waals surface area contributed by atoms with Crippen molar-refractivity contribution in [2.45, 2.75) is 13.0 Å². The maximum absolute atomic E-state index is 5.45. The molecule has 1 aromatic carbocycles. The number of benzene rings is 1. The third kappa shape index (κ3) is 3.05. The summed E-state index contributed by atoms with van der Waals surface area (Å²) >= 11 is 1.59. The first-order valence-corrected chi connectivity index (χ1v) is 7.07. The molecule has 0 aliphatic heterocycles. The number of nitrogens with one attached hydrogen (secondary N) is 1. The summed E-state index contributed by atoms with van der Waals surface area (Å²) in [5.74, 6) is 1.65. The van der Waals surface area contributed by atoms with Gasteiger partial charge in [0.2, 0.25) is 0 Å². The van der Waals surface area contributed by atoms with E-state index in [-0.39, 0.29) is 6.04 Å². The molecule has 4 nitrogen and oxygen atoms in total. The summed E-state index contributed by atoms with van der Waals surface area (Å²) in [6, 6.07) is 5.82. The van der Waals surface area contributed by atoms with E-state index in [1.807, 2.05) is 29.1 Å². The van der Waals surface area contributed by atoms with Crippen molar-refractivity contribution in [1.29, 1.82) is 0 Å². The molecule has 0 aliphatic rings. The number of ether oxygens (including phenoxy) is 2. The number of aromatic nitrogens is 1. The Morgan fingerprint density at radius 2 is 2.16 bits per heavy atom. The molecule has 1 atom stereocenters. The van der Waals surface area contributed by atoms with Crippen molar-refractivity contribution in [2.75, 3.05) is 20.8 Å². The summed E-state index contributed by atoms with van der Waals surface area (Å²) in [5, 5.41) is 5.48. The Morgan fingerprint density at radius 3 is 2.74 bits per heavy atom. The first-order chi connectivity index (χ1) is 9.30. The molecule has 1 heterocycles. The van der Waals surface area contributed by atoms with E-state index in [1.54, 1.807) is 25.6 Å². The Bertz CT molecular complexity index is 514. The molecule has 0 fully saturated rings. The minimum absolute atomic E-state index is 0.0151. The Kier molecular flexibility index (Phi) is 4.76. The minimum Gasteiger partial charge on any atom is -0.497 e. The van der Waals surface area contributed by atoms with Crippen LogP contribution in [0.1, 0.15) is 24.2 Å². The summed E-state index contributed by atoms with van der Waals surface area (Å²) < 4.78 is 10.7. The number of hydrogen-bond donors (Lipinski definition) is 1. The number of thiazole rings is 1. The standard InChI is InChI=1S/C14H18N2O2S/c1-4-15-14(12-8-19-9-16-12)11-7-10(17-2)5-6-13(11)18-3/h5-9,14-15H,4H2,1-3H3. The largest absolute Gasteiger partial charge is 0.497 e. The molecule has 19 heavy (non-hydrogen) atoms. The Hall–Kier alpha value is -1.59. The average Bonchev–Trinajstić information content (AvgIpc) is 2.98. The minimum atomic E-state index is 0.0151. The van der Waals surface area contributed by atoms with Crippen LogP contribution in [0.5, 0.6) is 11.5 Å². The van der Waals surface area contributed by atoms with Gasteiger partial charge in [-0.1, -0.05) is 6.92 Å². The molecule has 0 spiro atoms. The highest BCUT2D eigenvalue weighted by Gasteiger charge is 2.19. The van der Waals surface area contributed by atoms with Gasteiger partial charge < -0.3 is 14.8 Å². The van der Waals surface area contributed by atoms with Crippen LogP contribution in [0.4, 0.5) is 0 Å². The third-order valence-electron chi connectivity index (χ3n) is 2.90. The van der Waals surface area contributed by atoms with Gasteiger partial charge in [-0.05, 0) is 24.7 Å². The van der Waals surface area contributed by atoms with Gasteiger partial charge in [0.15, 0.2) is 0 Å². The number of hydrogen-bond acceptors (Lipinski definition) is 5. The van der Waals surface area contributed by atoms with Crippen molar-refractivity contribution < 1.29 is 9.47 Å². The molecule has 0 bridgehead atoms. The molecule has 1 aromatic heterocycles. The van der Waals surface area contributed by atoms with E-state index in [9.17, 15) is 0 Å². The maximum Gasteiger partial charge on any atom is 0.124 e. The first kappa shape index (κ1) is 13.8. The van der Waals surface area contributed by atoms with Gasteiger partial charge in [-0.3, -0.25) is 0 Å². The zero-order valence-corrected chi connectivity index (χ0v) is 12.2. The van der Waals surface area contributed by atoms with Gasteiger partial charge in [-0.15, -0.1) is 11.3 Å². The average molecular weight is 278 g/mol. The second-order valence-corrected chi connectivity index (χ2v) is 4.73. The molecule has 0 radical (unpaired) electrons. The van der Waals surface area contributed by atoms with Gasteiger partial charge in [0.05, 0.1) is 31.5 Å². The molecule has 5 heteroatoms. The Labute approximate surface area is 117 Å². The molecule has 0 saturated carbocycles. The lowest BCUT2D eigenvalue weighted by Gasteiger charge is -2.19. The molecule has 1 unspecified atom stereocenters. The van der Waals surface area contributed by atoms with Crippen LogP contribution in [0.2, 0.25) is 0 Å². The van der Waals surface area contributed by atoms with Crippen molar-refractivity contribution in [2.24, 2.45) is 0 Å². The predicted octanol–water partition coefficient (Wildman–Crippen LogP) is 2.86. The van der Waals surface area contributed by atoms with E-state index < -0.39 is 0 Å². The fourth-order valence-corrected chi connectivity index (χ4v) is 2.59. The van der Waals surface area contributed by atoms with E-state index in [1.165, 1.54) is 0 Å². The number of nitrogens with zero attached hydrogens (tertiary/aromatic N) is 1. The van der Waals surface area contributed by atoms with Crippen LogP contribution >= 0.6 is 11.3 Å². The van der Waals surface area contributed by atoms with Crippen LogP contribution in [-0.2, 0) is 0 Å². The summed E-state index contributed by atoms with van der Waals surface area (Å²) in [6.07, 6.45) is 0. The fourth-order valence-electron chi connectivity index (χ4n) is 2.01. The van der Waals surface area contributed by atoms with Crippen LogP contribution in [0.25, 0.3) is 0 Å². The van der Waals surface area contributed by atoms with Crippen molar-refractivity contribution in [1.82, 2.24) is 10.3 Å². The molecule has 0 saturated heterocycles. The van der Waals surface area contributed by atoms with Crippen molar-refractivity contribution in [3.8, 4) is 11.5 Å². The van der Waals surface area contributed by atoms with Crippen molar-refractivity contribution in [3.05, 3.63) is 40.3 Å². The van der Waals surface area contributed by atoms with E-state index in [0.29, 0.717) is 0 Å². The lowest BCUT2D eigenvalue weighted by molar-refractivity contribution is 0.393. The normalized spacial score (nSPS) is 12.2. The van der Waals surface area contributed by atoms with E-state index >= 15 is 0 Å². The lowest BCUT2D eigenvalue weighted by Crippen LogP contribution is -2.22. The van der Waals surface area contributed by atoms with Crippen molar-refractivity contribution in [3.63, 3.8) is 0 Å². The van der Waals surface area contributed by atoms with Gasteiger partial charge in [0.1, 0.15) is 11.5 Å². The second-order valence-electron chi connectivity index (χ2n) is 4.01. The zero-order chi connectivity index (χ0) is 13.7. The van der Waals surface area contributed by atoms with Gasteiger partial charge in [0, 0.05) is 10.9 Å². The van der Waals surface area contributed by atoms with Crippen LogP contribution in [0, 0.1) is 0 Å². The zero-order valence-electron chi connectivity index (χ0n) is 11.3. The van der Waals surface area contributed by atoms with Crippen molar-refractivity contribution >= 4 is 11.3 Å². The monoisotopic (exact) mass is 278 g/mol. The van der Waals surface area contributed by atoms with Gasteiger partial charge in [-0.25, -0.2) is 4.98 Å². The fraction of sp³-hybridized carbons (Fsp3) is 0.357.